The van der Waals surface area contributed by atoms with Crippen molar-refractivity contribution in [3.63, 3.8) is 0 Å². The normalized spacial score (nSPS) is 16.8. The molecule has 0 radical (unpaired) electrons. The van der Waals surface area contributed by atoms with Gasteiger partial charge in [-0.15, -0.1) is 0 Å². The molecule has 1 amide bonds. The van der Waals surface area contributed by atoms with Crippen molar-refractivity contribution in [1.82, 2.24) is 4.90 Å². The van der Waals surface area contributed by atoms with Gasteiger partial charge in [0, 0.05) is 26.8 Å². The summed E-state index contributed by atoms with van der Waals surface area (Å²) in [5, 5.41) is 0. The van der Waals surface area contributed by atoms with Gasteiger partial charge in [-0.25, -0.2) is 0 Å². The number of carbonyl (C=O) groups is 1. The number of furan rings is 1. The van der Waals surface area contributed by atoms with Crippen molar-refractivity contribution < 1.29 is 18.7 Å². The van der Waals surface area contributed by atoms with Crippen molar-refractivity contribution in [2.45, 2.75) is 12.8 Å². The first-order chi connectivity index (χ1) is 9.31. The molecule has 1 aromatic heterocycles. The molecule has 0 atom stereocenters. The molecule has 1 fully saturated rings. The minimum atomic E-state index is -0.0104. The number of nitrogens with zero attached hydrogens (tertiary/aromatic N) is 1. The van der Waals surface area contributed by atoms with Gasteiger partial charge in [-0.05, 0) is 30.9 Å². The van der Waals surface area contributed by atoms with Crippen LogP contribution in [0.25, 0.3) is 0 Å². The lowest BCUT2D eigenvalue weighted by atomic mass is 9.97. The van der Waals surface area contributed by atoms with Crippen LogP contribution < -0.4 is 0 Å². The van der Waals surface area contributed by atoms with E-state index in [2.05, 4.69) is 0 Å². The molecule has 19 heavy (non-hydrogen) atoms. The van der Waals surface area contributed by atoms with Gasteiger partial charge in [0.1, 0.15) is 0 Å². The Hall–Kier alpha value is -1.33. The number of carbonyl (C=O) groups excluding carboxylic acids is 1. The van der Waals surface area contributed by atoms with E-state index < -0.39 is 0 Å². The number of amides is 1. The number of piperidine rings is 1. The average molecular weight is 267 g/mol. The smallest absolute Gasteiger partial charge is 0.289 e. The molecule has 5 nitrogen and oxygen atoms in total. The topological polar surface area (TPSA) is 51.9 Å². The third-order valence-corrected chi connectivity index (χ3v) is 3.42. The summed E-state index contributed by atoms with van der Waals surface area (Å²) >= 11 is 0. The van der Waals surface area contributed by atoms with Gasteiger partial charge >= 0.3 is 0 Å². The number of hydrogen-bond acceptors (Lipinski definition) is 4. The zero-order chi connectivity index (χ0) is 13.5. The lowest BCUT2D eigenvalue weighted by Gasteiger charge is -2.31. The maximum atomic E-state index is 12.1. The van der Waals surface area contributed by atoms with Crippen LogP contribution in [0.5, 0.6) is 0 Å². The maximum Gasteiger partial charge on any atom is 0.289 e. The van der Waals surface area contributed by atoms with E-state index in [0.717, 1.165) is 32.5 Å². The Kier molecular flexibility index (Phi) is 5.42. The van der Waals surface area contributed by atoms with Crippen LogP contribution in [0.4, 0.5) is 0 Å². The zero-order valence-electron chi connectivity index (χ0n) is 11.3. The second kappa shape index (κ2) is 7.31. The summed E-state index contributed by atoms with van der Waals surface area (Å²) in [5.41, 5.74) is 0. The molecule has 0 aliphatic carbocycles. The minimum absolute atomic E-state index is 0.0104. The molecule has 0 unspecified atom stereocenters. The SMILES string of the molecule is COCCOCC1CCN(C(=O)c2ccco2)CC1. The third-order valence-electron chi connectivity index (χ3n) is 3.42. The van der Waals surface area contributed by atoms with Gasteiger partial charge in [0.2, 0.25) is 0 Å². The highest BCUT2D eigenvalue weighted by atomic mass is 16.5. The van der Waals surface area contributed by atoms with Crippen LogP contribution in [-0.2, 0) is 9.47 Å². The highest BCUT2D eigenvalue weighted by Crippen LogP contribution is 2.19. The Labute approximate surface area is 113 Å². The zero-order valence-corrected chi connectivity index (χ0v) is 11.3. The lowest BCUT2D eigenvalue weighted by molar-refractivity contribution is 0.0319. The fourth-order valence-electron chi connectivity index (χ4n) is 2.25. The largest absolute Gasteiger partial charge is 0.459 e. The van der Waals surface area contributed by atoms with E-state index in [1.54, 1.807) is 19.2 Å². The minimum Gasteiger partial charge on any atom is -0.459 e. The van der Waals surface area contributed by atoms with Gasteiger partial charge in [0.05, 0.1) is 19.5 Å². The van der Waals surface area contributed by atoms with E-state index in [1.807, 2.05) is 4.90 Å². The van der Waals surface area contributed by atoms with E-state index in [9.17, 15) is 4.79 Å². The van der Waals surface area contributed by atoms with Crippen molar-refractivity contribution in [1.29, 1.82) is 0 Å². The highest BCUT2D eigenvalue weighted by Gasteiger charge is 2.24. The predicted octanol–water partition coefficient (Wildman–Crippen LogP) is 1.79. The monoisotopic (exact) mass is 267 g/mol. The average Bonchev–Trinajstić information content (AvgIpc) is 2.98. The van der Waals surface area contributed by atoms with E-state index in [4.69, 9.17) is 13.9 Å². The predicted molar refractivity (Wildman–Crippen MR) is 70.0 cm³/mol. The highest BCUT2D eigenvalue weighted by molar-refractivity contribution is 5.91. The molecule has 1 saturated heterocycles. The molecule has 1 aliphatic rings. The molecule has 2 heterocycles. The number of rotatable bonds is 6. The van der Waals surface area contributed by atoms with Gasteiger partial charge in [-0.2, -0.15) is 0 Å². The summed E-state index contributed by atoms with van der Waals surface area (Å²) in [6, 6.07) is 3.45. The van der Waals surface area contributed by atoms with Gasteiger partial charge in [-0.3, -0.25) is 4.79 Å². The molecule has 0 saturated carbocycles. The van der Waals surface area contributed by atoms with Crippen molar-refractivity contribution in [3.05, 3.63) is 24.2 Å². The van der Waals surface area contributed by atoms with E-state index >= 15 is 0 Å². The van der Waals surface area contributed by atoms with Gasteiger partial charge < -0.3 is 18.8 Å². The van der Waals surface area contributed by atoms with Crippen LogP contribution in [0.2, 0.25) is 0 Å². The van der Waals surface area contributed by atoms with Crippen molar-refractivity contribution in [2.75, 3.05) is 40.0 Å². The first kappa shape index (κ1) is 14.1. The third kappa shape index (κ3) is 4.08. The molecule has 1 aromatic rings. The Balaban J connectivity index is 1.69. The van der Waals surface area contributed by atoms with Crippen LogP contribution in [0.15, 0.2) is 22.8 Å². The van der Waals surface area contributed by atoms with Crippen molar-refractivity contribution in [3.8, 4) is 0 Å². The summed E-state index contributed by atoms with van der Waals surface area (Å²) < 4.78 is 15.6. The first-order valence-corrected chi connectivity index (χ1v) is 6.70. The standard InChI is InChI=1S/C14H21NO4/c1-17-9-10-18-11-12-4-6-15(7-5-12)14(16)13-3-2-8-19-13/h2-3,8,12H,4-7,9-11H2,1H3. The van der Waals surface area contributed by atoms with E-state index in [0.29, 0.717) is 24.9 Å². The van der Waals surface area contributed by atoms with Crippen LogP contribution in [0.1, 0.15) is 23.4 Å². The number of methoxy groups -OCH3 is 1. The molecule has 0 aromatic carbocycles. The van der Waals surface area contributed by atoms with E-state index in [-0.39, 0.29) is 5.91 Å². The van der Waals surface area contributed by atoms with Crippen LogP contribution in [-0.4, -0.2) is 50.8 Å². The fraction of sp³-hybridized carbons (Fsp3) is 0.643. The molecule has 5 heteroatoms. The van der Waals surface area contributed by atoms with Crippen molar-refractivity contribution in [2.24, 2.45) is 5.92 Å². The van der Waals surface area contributed by atoms with Crippen LogP contribution >= 0.6 is 0 Å². The van der Waals surface area contributed by atoms with Crippen LogP contribution in [0, 0.1) is 5.92 Å². The van der Waals surface area contributed by atoms with E-state index in [1.165, 1.54) is 6.26 Å². The number of hydrogen-bond donors (Lipinski definition) is 0. The Morgan fingerprint density at radius 1 is 1.42 bits per heavy atom. The maximum absolute atomic E-state index is 12.1. The molecular weight excluding hydrogens is 246 g/mol. The second-order valence-corrected chi connectivity index (χ2v) is 4.78. The Morgan fingerprint density at radius 2 is 2.21 bits per heavy atom. The molecule has 106 valence electrons. The van der Waals surface area contributed by atoms with Crippen molar-refractivity contribution >= 4 is 5.91 Å². The lowest BCUT2D eigenvalue weighted by Crippen LogP contribution is -2.39. The van der Waals surface area contributed by atoms with Crippen LogP contribution in [0.3, 0.4) is 0 Å². The summed E-state index contributed by atoms with van der Waals surface area (Å²) in [4.78, 5) is 13.9. The number of likely N-dealkylation sites (tertiary alicyclic amines) is 1. The van der Waals surface area contributed by atoms with Gasteiger partial charge in [0.25, 0.3) is 5.91 Å². The summed E-state index contributed by atoms with van der Waals surface area (Å²) in [6.45, 7) is 3.58. The molecule has 2 rings (SSSR count). The fourth-order valence-corrected chi connectivity index (χ4v) is 2.25. The quantitative estimate of drug-likeness (QED) is 0.737. The Morgan fingerprint density at radius 3 is 2.84 bits per heavy atom. The summed E-state index contributed by atoms with van der Waals surface area (Å²) in [7, 11) is 1.67. The molecule has 1 aliphatic heterocycles. The van der Waals surface area contributed by atoms with Gasteiger partial charge in [-0.1, -0.05) is 0 Å². The number of ether oxygens (including phenoxy) is 2. The second-order valence-electron chi connectivity index (χ2n) is 4.78. The molecule has 0 bridgehead atoms. The summed E-state index contributed by atoms with van der Waals surface area (Å²) in [6.07, 6.45) is 3.50. The molecular formula is C14H21NO4. The molecule has 0 N–H and O–H groups in total. The first-order valence-electron chi connectivity index (χ1n) is 6.70. The summed E-state index contributed by atoms with van der Waals surface area (Å²) in [5.74, 6) is 0.955. The van der Waals surface area contributed by atoms with Gasteiger partial charge in [0.15, 0.2) is 5.76 Å². The Bertz CT molecular complexity index is 369. The molecule has 0 spiro atoms.